The Hall–Kier alpha value is -1.59. The highest BCUT2D eigenvalue weighted by Crippen LogP contribution is 2.25. The van der Waals surface area contributed by atoms with Crippen LogP contribution in [0.1, 0.15) is 10.7 Å². The van der Waals surface area contributed by atoms with Crippen LogP contribution >= 0.6 is 11.3 Å². The molecule has 2 rings (SSSR count). The summed E-state index contributed by atoms with van der Waals surface area (Å²) in [5.41, 5.74) is 1.08. The number of benzene rings is 1. The maximum atomic E-state index is 5.67. The van der Waals surface area contributed by atoms with Gasteiger partial charge in [0.05, 0.1) is 7.11 Å². The SMILES string of the molecule is COc1ccccc1OCCNCc1nc(C)cs1. The van der Waals surface area contributed by atoms with Gasteiger partial charge in [0.2, 0.25) is 0 Å². The number of thiazole rings is 1. The summed E-state index contributed by atoms with van der Waals surface area (Å²) in [6.45, 7) is 4.17. The van der Waals surface area contributed by atoms with Crippen LogP contribution in [-0.2, 0) is 6.54 Å². The Morgan fingerprint density at radius 2 is 2.05 bits per heavy atom. The highest BCUT2D eigenvalue weighted by Gasteiger charge is 2.02. The van der Waals surface area contributed by atoms with E-state index in [1.807, 2.05) is 31.2 Å². The van der Waals surface area contributed by atoms with Crippen molar-refractivity contribution in [2.75, 3.05) is 20.3 Å². The Labute approximate surface area is 117 Å². The van der Waals surface area contributed by atoms with Gasteiger partial charge in [-0.2, -0.15) is 0 Å². The monoisotopic (exact) mass is 278 g/mol. The van der Waals surface area contributed by atoms with Gasteiger partial charge in [0.25, 0.3) is 0 Å². The fourth-order valence-corrected chi connectivity index (χ4v) is 2.39. The van der Waals surface area contributed by atoms with Crippen molar-refractivity contribution in [3.8, 4) is 11.5 Å². The van der Waals surface area contributed by atoms with Crippen molar-refractivity contribution >= 4 is 11.3 Å². The molecule has 102 valence electrons. The average molecular weight is 278 g/mol. The maximum Gasteiger partial charge on any atom is 0.161 e. The molecule has 0 bridgehead atoms. The van der Waals surface area contributed by atoms with Gasteiger partial charge in [-0.05, 0) is 19.1 Å². The minimum absolute atomic E-state index is 0.602. The van der Waals surface area contributed by atoms with Gasteiger partial charge >= 0.3 is 0 Å². The average Bonchev–Trinajstić information content (AvgIpc) is 2.84. The Morgan fingerprint density at radius 3 is 2.74 bits per heavy atom. The van der Waals surface area contributed by atoms with Crippen LogP contribution in [0.5, 0.6) is 11.5 Å². The summed E-state index contributed by atoms with van der Waals surface area (Å²) in [7, 11) is 1.64. The number of rotatable bonds is 7. The van der Waals surface area contributed by atoms with Crippen LogP contribution < -0.4 is 14.8 Å². The molecule has 4 nitrogen and oxygen atoms in total. The summed E-state index contributed by atoms with van der Waals surface area (Å²) in [6.07, 6.45) is 0. The molecule has 0 aliphatic carbocycles. The van der Waals surface area contributed by atoms with Crippen LogP contribution in [0.4, 0.5) is 0 Å². The third-order valence-electron chi connectivity index (χ3n) is 2.55. The van der Waals surface area contributed by atoms with E-state index in [0.29, 0.717) is 6.61 Å². The van der Waals surface area contributed by atoms with Gasteiger partial charge in [0.1, 0.15) is 11.6 Å². The Balaban J connectivity index is 1.69. The fraction of sp³-hybridized carbons (Fsp3) is 0.357. The molecule has 0 saturated carbocycles. The van der Waals surface area contributed by atoms with Gasteiger partial charge in [-0.1, -0.05) is 12.1 Å². The molecule has 0 fully saturated rings. The van der Waals surface area contributed by atoms with Crippen LogP contribution in [0.2, 0.25) is 0 Å². The van der Waals surface area contributed by atoms with Gasteiger partial charge in [-0.15, -0.1) is 11.3 Å². The zero-order chi connectivity index (χ0) is 13.5. The van der Waals surface area contributed by atoms with Crippen LogP contribution in [0.3, 0.4) is 0 Å². The second-order valence-electron chi connectivity index (χ2n) is 4.06. The van der Waals surface area contributed by atoms with Gasteiger partial charge < -0.3 is 14.8 Å². The lowest BCUT2D eigenvalue weighted by Crippen LogP contribution is -2.20. The molecule has 1 heterocycles. The Bertz CT molecular complexity index is 514. The molecule has 0 saturated heterocycles. The number of nitrogens with one attached hydrogen (secondary N) is 1. The normalized spacial score (nSPS) is 10.4. The van der Waals surface area contributed by atoms with Gasteiger partial charge in [0.15, 0.2) is 11.5 Å². The van der Waals surface area contributed by atoms with E-state index in [1.165, 1.54) is 0 Å². The second kappa shape index (κ2) is 7.11. The molecule has 5 heteroatoms. The fourth-order valence-electron chi connectivity index (χ4n) is 1.65. The van der Waals surface area contributed by atoms with E-state index in [0.717, 1.165) is 35.3 Å². The van der Waals surface area contributed by atoms with E-state index in [-0.39, 0.29) is 0 Å². The first-order chi connectivity index (χ1) is 9.29. The van der Waals surface area contributed by atoms with Crippen molar-refractivity contribution in [2.45, 2.75) is 13.5 Å². The number of aryl methyl sites for hydroxylation is 1. The summed E-state index contributed by atoms with van der Waals surface area (Å²) in [5.74, 6) is 1.54. The van der Waals surface area contributed by atoms with Crippen LogP contribution in [0, 0.1) is 6.92 Å². The number of hydrogen-bond donors (Lipinski definition) is 1. The van der Waals surface area contributed by atoms with Gasteiger partial charge in [0, 0.05) is 24.2 Å². The number of hydrogen-bond acceptors (Lipinski definition) is 5. The molecule has 0 aliphatic rings. The molecule has 0 atom stereocenters. The van der Waals surface area contributed by atoms with Crippen molar-refractivity contribution in [2.24, 2.45) is 0 Å². The van der Waals surface area contributed by atoms with Crippen molar-refractivity contribution in [1.29, 1.82) is 0 Å². The Kier molecular flexibility index (Phi) is 5.18. The van der Waals surface area contributed by atoms with Crippen LogP contribution in [0.15, 0.2) is 29.6 Å². The van der Waals surface area contributed by atoms with Crippen molar-refractivity contribution in [3.63, 3.8) is 0 Å². The molecule has 0 spiro atoms. The molecular weight excluding hydrogens is 260 g/mol. The summed E-state index contributed by atoms with van der Waals surface area (Å²) in [5, 5.41) is 6.47. The predicted octanol–water partition coefficient (Wildman–Crippen LogP) is 2.63. The minimum Gasteiger partial charge on any atom is -0.493 e. The first-order valence-corrected chi connectivity index (χ1v) is 7.05. The third kappa shape index (κ3) is 4.22. The highest BCUT2D eigenvalue weighted by atomic mass is 32.1. The lowest BCUT2D eigenvalue weighted by Gasteiger charge is -2.10. The van der Waals surface area contributed by atoms with E-state index in [1.54, 1.807) is 18.4 Å². The largest absolute Gasteiger partial charge is 0.493 e. The molecule has 0 radical (unpaired) electrons. The lowest BCUT2D eigenvalue weighted by molar-refractivity contribution is 0.292. The van der Waals surface area contributed by atoms with E-state index in [2.05, 4.69) is 15.7 Å². The molecule has 1 aromatic carbocycles. The molecule has 1 aromatic heterocycles. The first-order valence-electron chi connectivity index (χ1n) is 6.17. The molecular formula is C14H18N2O2S. The molecule has 1 N–H and O–H groups in total. The van der Waals surface area contributed by atoms with E-state index >= 15 is 0 Å². The van der Waals surface area contributed by atoms with Crippen LogP contribution in [0.25, 0.3) is 0 Å². The summed E-state index contributed by atoms with van der Waals surface area (Å²) < 4.78 is 10.9. The quantitative estimate of drug-likeness (QED) is 0.791. The van der Waals surface area contributed by atoms with E-state index in [9.17, 15) is 0 Å². The van der Waals surface area contributed by atoms with E-state index < -0.39 is 0 Å². The highest BCUT2D eigenvalue weighted by molar-refractivity contribution is 7.09. The maximum absolute atomic E-state index is 5.67. The standard InChI is InChI=1S/C14H18N2O2S/c1-11-10-19-14(16-11)9-15-7-8-18-13-6-4-3-5-12(13)17-2/h3-6,10,15H,7-9H2,1-2H3. The first kappa shape index (κ1) is 13.8. The molecule has 19 heavy (non-hydrogen) atoms. The zero-order valence-electron chi connectivity index (χ0n) is 11.2. The van der Waals surface area contributed by atoms with Crippen molar-refractivity contribution < 1.29 is 9.47 Å². The van der Waals surface area contributed by atoms with Gasteiger partial charge in [-0.25, -0.2) is 4.98 Å². The summed E-state index contributed by atoms with van der Waals surface area (Å²) in [4.78, 5) is 4.39. The molecule has 0 aliphatic heterocycles. The molecule has 0 amide bonds. The zero-order valence-corrected chi connectivity index (χ0v) is 12.0. The molecule has 2 aromatic rings. The number of methoxy groups -OCH3 is 1. The number of nitrogens with zero attached hydrogens (tertiary/aromatic N) is 1. The third-order valence-corrected chi connectivity index (χ3v) is 3.51. The van der Waals surface area contributed by atoms with Crippen LogP contribution in [-0.4, -0.2) is 25.2 Å². The summed E-state index contributed by atoms with van der Waals surface area (Å²) in [6, 6.07) is 7.66. The number of ether oxygens (including phenoxy) is 2. The number of para-hydroxylation sites is 2. The second-order valence-corrected chi connectivity index (χ2v) is 5.00. The summed E-state index contributed by atoms with van der Waals surface area (Å²) >= 11 is 1.68. The van der Waals surface area contributed by atoms with Crippen molar-refractivity contribution in [1.82, 2.24) is 10.3 Å². The Morgan fingerprint density at radius 1 is 1.26 bits per heavy atom. The smallest absolute Gasteiger partial charge is 0.161 e. The lowest BCUT2D eigenvalue weighted by atomic mass is 10.3. The number of aromatic nitrogens is 1. The van der Waals surface area contributed by atoms with Crippen molar-refractivity contribution in [3.05, 3.63) is 40.3 Å². The predicted molar refractivity (Wildman–Crippen MR) is 77.0 cm³/mol. The van der Waals surface area contributed by atoms with E-state index in [4.69, 9.17) is 9.47 Å². The topological polar surface area (TPSA) is 43.4 Å². The minimum atomic E-state index is 0.602. The van der Waals surface area contributed by atoms with Gasteiger partial charge in [-0.3, -0.25) is 0 Å². The molecule has 0 unspecified atom stereocenters.